The summed E-state index contributed by atoms with van der Waals surface area (Å²) in [6.45, 7) is 3.94. The molecule has 0 radical (unpaired) electrons. The van der Waals surface area contributed by atoms with Gasteiger partial charge in [0.1, 0.15) is 0 Å². The summed E-state index contributed by atoms with van der Waals surface area (Å²) in [5.41, 5.74) is 5.06. The molecule has 2 heteroatoms. The van der Waals surface area contributed by atoms with E-state index in [2.05, 4.69) is 0 Å². The molecule has 0 saturated carbocycles. The molecule has 1 amide bonds. The summed E-state index contributed by atoms with van der Waals surface area (Å²) < 4.78 is 0. The third-order valence-electron chi connectivity index (χ3n) is 2.37. The zero-order chi connectivity index (χ0) is 9.90. The number of carbonyl (C=O) groups excluding carboxylic acids is 1. The van der Waals surface area contributed by atoms with Crippen LogP contribution in [0, 0.1) is 11.3 Å². The standard InChI is InChI=1S/C11H15NO/c1-3-7-11(2)8-5-4-6-9(11)10(12)13/h3-9H,1-2H3,(H2,12,13)/b7-3-. The van der Waals surface area contributed by atoms with Crippen LogP contribution in [-0.2, 0) is 4.79 Å². The van der Waals surface area contributed by atoms with Crippen molar-refractivity contribution in [3.05, 3.63) is 36.5 Å². The van der Waals surface area contributed by atoms with E-state index in [1.54, 1.807) is 0 Å². The first-order chi connectivity index (χ1) is 6.10. The Kier molecular flexibility index (Phi) is 2.71. The van der Waals surface area contributed by atoms with Crippen molar-refractivity contribution < 1.29 is 4.79 Å². The third-order valence-corrected chi connectivity index (χ3v) is 2.37. The van der Waals surface area contributed by atoms with Crippen molar-refractivity contribution in [2.75, 3.05) is 0 Å². The highest BCUT2D eigenvalue weighted by Crippen LogP contribution is 2.34. The molecule has 0 fully saturated rings. The molecule has 0 aromatic rings. The maximum atomic E-state index is 11.1. The first-order valence-corrected chi connectivity index (χ1v) is 4.39. The van der Waals surface area contributed by atoms with E-state index in [4.69, 9.17) is 5.73 Å². The second-order valence-corrected chi connectivity index (χ2v) is 3.49. The maximum absolute atomic E-state index is 11.1. The number of primary amides is 1. The van der Waals surface area contributed by atoms with Crippen molar-refractivity contribution in [1.29, 1.82) is 0 Å². The molecule has 2 unspecified atom stereocenters. The van der Waals surface area contributed by atoms with Crippen molar-refractivity contribution in [2.24, 2.45) is 17.1 Å². The summed E-state index contributed by atoms with van der Waals surface area (Å²) in [5.74, 6) is -0.505. The minimum absolute atomic E-state index is 0.228. The molecule has 1 aliphatic carbocycles. The summed E-state index contributed by atoms with van der Waals surface area (Å²) in [6.07, 6.45) is 11.6. The SMILES string of the molecule is C/C=C\C1(C)C=CC=CC1C(N)=O. The molecule has 0 saturated heterocycles. The van der Waals surface area contributed by atoms with Crippen LogP contribution < -0.4 is 5.73 Å². The van der Waals surface area contributed by atoms with Gasteiger partial charge in [0, 0.05) is 5.41 Å². The van der Waals surface area contributed by atoms with Crippen LogP contribution in [0.2, 0.25) is 0 Å². The van der Waals surface area contributed by atoms with Gasteiger partial charge in [0.2, 0.25) is 5.91 Å². The fourth-order valence-electron chi connectivity index (χ4n) is 1.67. The average Bonchev–Trinajstić information content (AvgIpc) is 2.04. The lowest BCUT2D eigenvalue weighted by Gasteiger charge is -2.29. The largest absolute Gasteiger partial charge is 0.369 e. The Morgan fingerprint density at radius 3 is 2.77 bits per heavy atom. The van der Waals surface area contributed by atoms with Crippen LogP contribution in [0.25, 0.3) is 0 Å². The molecule has 0 aliphatic heterocycles. The smallest absolute Gasteiger partial charge is 0.225 e. The Morgan fingerprint density at radius 1 is 1.54 bits per heavy atom. The molecule has 0 spiro atoms. The topological polar surface area (TPSA) is 43.1 Å². The van der Waals surface area contributed by atoms with E-state index in [1.807, 2.05) is 50.3 Å². The van der Waals surface area contributed by atoms with Crippen LogP contribution >= 0.6 is 0 Å². The number of nitrogens with two attached hydrogens (primary N) is 1. The highest BCUT2D eigenvalue weighted by atomic mass is 16.1. The number of hydrogen-bond donors (Lipinski definition) is 1. The van der Waals surface area contributed by atoms with Gasteiger partial charge in [-0.25, -0.2) is 0 Å². The second kappa shape index (κ2) is 3.60. The molecule has 0 bridgehead atoms. The fraction of sp³-hybridized carbons (Fsp3) is 0.364. The molecule has 2 N–H and O–H groups in total. The minimum Gasteiger partial charge on any atom is -0.369 e. The van der Waals surface area contributed by atoms with E-state index >= 15 is 0 Å². The molecule has 70 valence electrons. The van der Waals surface area contributed by atoms with Crippen molar-refractivity contribution in [3.63, 3.8) is 0 Å². The predicted octanol–water partition coefficient (Wildman–Crippen LogP) is 1.80. The molecule has 2 nitrogen and oxygen atoms in total. The average molecular weight is 177 g/mol. The van der Waals surface area contributed by atoms with Crippen molar-refractivity contribution in [1.82, 2.24) is 0 Å². The molecule has 13 heavy (non-hydrogen) atoms. The molecule has 0 aromatic carbocycles. The van der Waals surface area contributed by atoms with Crippen LogP contribution in [0.5, 0.6) is 0 Å². The Bertz CT molecular complexity index is 288. The number of hydrogen-bond acceptors (Lipinski definition) is 1. The van der Waals surface area contributed by atoms with Gasteiger partial charge in [0.25, 0.3) is 0 Å². The third kappa shape index (κ3) is 1.89. The summed E-state index contributed by atoms with van der Waals surface area (Å²) in [4.78, 5) is 11.1. The monoisotopic (exact) mass is 177 g/mol. The number of amides is 1. The normalized spacial score (nSPS) is 32.6. The maximum Gasteiger partial charge on any atom is 0.225 e. The van der Waals surface area contributed by atoms with Gasteiger partial charge in [-0.3, -0.25) is 4.79 Å². The van der Waals surface area contributed by atoms with Crippen LogP contribution in [0.3, 0.4) is 0 Å². The van der Waals surface area contributed by atoms with E-state index in [-0.39, 0.29) is 17.2 Å². The Hall–Kier alpha value is -1.31. The van der Waals surface area contributed by atoms with Crippen molar-refractivity contribution in [3.8, 4) is 0 Å². The summed E-state index contributed by atoms with van der Waals surface area (Å²) in [7, 11) is 0. The summed E-state index contributed by atoms with van der Waals surface area (Å²) >= 11 is 0. The van der Waals surface area contributed by atoms with Crippen molar-refractivity contribution in [2.45, 2.75) is 13.8 Å². The predicted molar refractivity (Wildman–Crippen MR) is 53.9 cm³/mol. The van der Waals surface area contributed by atoms with Gasteiger partial charge in [-0.05, 0) is 6.92 Å². The number of rotatable bonds is 2. The summed E-state index contributed by atoms with van der Waals surface area (Å²) in [5, 5.41) is 0. The minimum atomic E-state index is -0.277. The Morgan fingerprint density at radius 2 is 2.23 bits per heavy atom. The quantitative estimate of drug-likeness (QED) is 0.642. The lowest BCUT2D eigenvalue weighted by Crippen LogP contribution is -2.34. The zero-order valence-corrected chi connectivity index (χ0v) is 8.03. The lowest BCUT2D eigenvalue weighted by atomic mass is 9.74. The zero-order valence-electron chi connectivity index (χ0n) is 8.03. The van der Waals surface area contributed by atoms with Gasteiger partial charge in [-0.2, -0.15) is 0 Å². The lowest BCUT2D eigenvalue weighted by molar-refractivity contribution is -0.122. The van der Waals surface area contributed by atoms with Gasteiger partial charge in [0.15, 0.2) is 0 Å². The molecular formula is C11H15NO. The highest BCUT2D eigenvalue weighted by molar-refractivity contribution is 5.80. The number of allylic oxidation sites excluding steroid dienone is 5. The Labute approximate surface area is 78.8 Å². The van der Waals surface area contributed by atoms with E-state index < -0.39 is 0 Å². The van der Waals surface area contributed by atoms with E-state index in [1.165, 1.54) is 0 Å². The number of carbonyl (C=O) groups is 1. The highest BCUT2D eigenvalue weighted by Gasteiger charge is 2.32. The first kappa shape index (κ1) is 9.78. The van der Waals surface area contributed by atoms with Gasteiger partial charge in [-0.1, -0.05) is 43.4 Å². The molecule has 1 aliphatic rings. The van der Waals surface area contributed by atoms with Crippen molar-refractivity contribution >= 4 is 5.91 Å². The molecular weight excluding hydrogens is 162 g/mol. The van der Waals surface area contributed by atoms with Crippen LogP contribution in [0.15, 0.2) is 36.5 Å². The molecule has 0 aromatic heterocycles. The first-order valence-electron chi connectivity index (χ1n) is 4.39. The van der Waals surface area contributed by atoms with Crippen LogP contribution in [0.1, 0.15) is 13.8 Å². The second-order valence-electron chi connectivity index (χ2n) is 3.49. The fourth-order valence-corrected chi connectivity index (χ4v) is 1.67. The van der Waals surface area contributed by atoms with E-state index in [0.717, 1.165) is 0 Å². The summed E-state index contributed by atoms with van der Waals surface area (Å²) in [6, 6.07) is 0. The molecule has 0 heterocycles. The Balaban J connectivity index is 3.00. The molecule has 2 atom stereocenters. The van der Waals surface area contributed by atoms with E-state index in [0.29, 0.717) is 0 Å². The van der Waals surface area contributed by atoms with Gasteiger partial charge < -0.3 is 5.73 Å². The van der Waals surface area contributed by atoms with Crippen LogP contribution in [0.4, 0.5) is 0 Å². The van der Waals surface area contributed by atoms with Crippen LogP contribution in [-0.4, -0.2) is 5.91 Å². The van der Waals surface area contributed by atoms with Gasteiger partial charge >= 0.3 is 0 Å². The molecule has 1 rings (SSSR count). The van der Waals surface area contributed by atoms with Gasteiger partial charge in [0.05, 0.1) is 5.92 Å². The van der Waals surface area contributed by atoms with E-state index in [9.17, 15) is 4.79 Å². The van der Waals surface area contributed by atoms with Gasteiger partial charge in [-0.15, -0.1) is 0 Å².